The maximum absolute atomic E-state index is 10.8. The van der Waals surface area contributed by atoms with Crippen LogP contribution in [0.5, 0.6) is 0 Å². The van der Waals surface area contributed by atoms with E-state index < -0.39 is 5.97 Å². The van der Waals surface area contributed by atoms with E-state index in [9.17, 15) is 4.79 Å². The molecule has 2 rings (SSSR count). The van der Waals surface area contributed by atoms with Gasteiger partial charge in [-0.15, -0.1) is 10.2 Å². The van der Waals surface area contributed by atoms with Gasteiger partial charge in [-0.2, -0.15) is 0 Å². The quantitative estimate of drug-likeness (QED) is 0.814. The summed E-state index contributed by atoms with van der Waals surface area (Å²) >= 11 is 4.63. The van der Waals surface area contributed by atoms with Crippen molar-refractivity contribution in [2.45, 2.75) is 31.8 Å². The van der Waals surface area contributed by atoms with Crippen molar-refractivity contribution in [2.75, 3.05) is 5.75 Å². The van der Waals surface area contributed by atoms with Crippen molar-refractivity contribution in [1.82, 2.24) is 14.8 Å². The third-order valence-electron chi connectivity index (χ3n) is 2.90. The fraction of sp³-hybridized carbons (Fsp3) is 0.357. The van der Waals surface area contributed by atoms with Crippen LogP contribution in [-0.2, 0) is 4.79 Å². The van der Waals surface area contributed by atoms with E-state index in [1.807, 2.05) is 43.5 Å². The highest BCUT2D eigenvalue weighted by atomic mass is 79.9. The van der Waals surface area contributed by atoms with E-state index in [4.69, 9.17) is 5.11 Å². The molecule has 112 valence electrons. The van der Waals surface area contributed by atoms with Gasteiger partial charge in [-0.25, -0.2) is 0 Å². The van der Waals surface area contributed by atoms with Crippen molar-refractivity contribution in [3.63, 3.8) is 0 Å². The summed E-state index contributed by atoms with van der Waals surface area (Å²) in [4.78, 5) is 10.8. The Kier molecular flexibility index (Phi) is 5.05. The lowest BCUT2D eigenvalue weighted by Crippen LogP contribution is -2.07. The summed E-state index contributed by atoms with van der Waals surface area (Å²) in [6.45, 7) is 6.09. The van der Waals surface area contributed by atoms with Crippen LogP contribution in [0.15, 0.2) is 27.8 Å². The van der Waals surface area contributed by atoms with Crippen LogP contribution in [0.25, 0.3) is 5.69 Å². The Labute approximate surface area is 135 Å². The summed E-state index contributed by atoms with van der Waals surface area (Å²) in [6, 6.07) is 5.96. The van der Waals surface area contributed by atoms with E-state index in [1.54, 1.807) is 0 Å². The molecule has 21 heavy (non-hydrogen) atoms. The molecule has 0 aliphatic heterocycles. The van der Waals surface area contributed by atoms with Gasteiger partial charge in [0, 0.05) is 10.4 Å². The summed E-state index contributed by atoms with van der Waals surface area (Å²) in [5.41, 5.74) is 2.04. The van der Waals surface area contributed by atoms with Crippen molar-refractivity contribution < 1.29 is 9.90 Å². The molecule has 1 heterocycles. The molecule has 0 saturated carbocycles. The topological polar surface area (TPSA) is 68.0 Å². The Balaban J connectivity index is 2.52. The molecule has 0 fully saturated rings. The number of nitrogens with zero attached hydrogens (tertiary/aromatic N) is 3. The normalized spacial score (nSPS) is 11.1. The van der Waals surface area contributed by atoms with Crippen molar-refractivity contribution >= 4 is 33.7 Å². The van der Waals surface area contributed by atoms with Gasteiger partial charge in [0.1, 0.15) is 5.82 Å². The van der Waals surface area contributed by atoms with E-state index in [1.165, 1.54) is 11.8 Å². The number of aliphatic carboxylic acids is 1. The fourth-order valence-corrected chi connectivity index (χ4v) is 3.12. The molecule has 0 amide bonds. The van der Waals surface area contributed by atoms with Gasteiger partial charge in [0.2, 0.25) is 0 Å². The van der Waals surface area contributed by atoms with Crippen LogP contribution in [0.4, 0.5) is 0 Å². The van der Waals surface area contributed by atoms with E-state index in [2.05, 4.69) is 26.1 Å². The fourth-order valence-electron chi connectivity index (χ4n) is 1.97. The monoisotopic (exact) mass is 369 g/mol. The third kappa shape index (κ3) is 3.65. The highest BCUT2D eigenvalue weighted by Gasteiger charge is 2.19. The Morgan fingerprint density at radius 1 is 1.43 bits per heavy atom. The van der Waals surface area contributed by atoms with E-state index in [0.717, 1.165) is 21.5 Å². The lowest BCUT2D eigenvalue weighted by atomic mass is 10.1. The second-order valence-corrected chi connectivity index (χ2v) is 6.80. The third-order valence-corrected chi connectivity index (χ3v) is 4.31. The molecule has 2 aromatic rings. The number of carboxylic acids is 1. The second kappa shape index (κ2) is 6.62. The van der Waals surface area contributed by atoms with Gasteiger partial charge in [0.15, 0.2) is 5.16 Å². The standard InChI is InChI=1S/C14H16BrN3O2S/c1-8(2)13-16-17-14(21-7-12(19)20)18(13)11-5-4-10(15)6-9(11)3/h4-6,8H,7H2,1-3H3,(H,19,20). The molecule has 7 heteroatoms. The number of halogens is 1. The van der Waals surface area contributed by atoms with Crippen LogP contribution in [0.3, 0.4) is 0 Å². The molecule has 1 N–H and O–H groups in total. The predicted molar refractivity (Wildman–Crippen MR) is 86.2 cm³/mol. The summed E-state index contributed by atoms with van der Waals surface area (Å²) in [6.07, 6.45) is 0. The minimum absolute atomic E-state index is 0.0359. The minimum Gasteiger partial charge on any atom is -0.481 e. The zero-order chi connectivity index (χ0) is 15.6. The Hall–Kier alpha value is -1.34. The highest BCUT2D eigenvalue weighted by molar-refractivity contribution is 9.10. The molecule has 0 unspecified atom stereocenters. The zero-order valence-corrected chi connectivity index (χ0v) is 14.4. The van der Waals surface area contributed by atoms with E-state index in [-0.39, 0.29) is 11.7 Å². The van der Waals surface area contributed by atoms with Crippen LogP contribution < -0.4 is 0 Å². The SMILES string of the molecule is Cc1cc(Br)ccc1-n1c(SCC(=O)O)nnc1C(C)C. The second-order valence-electron chi connectivity index (χ2n) is 4.94. The van der Waals surface area contributed by atoms with Gasteiger partial charge >= 0.3 is 5.97 Å². The van der Waals surface area contributed by atoms with Gasteiger partial charge in [-0.1, -0.05) is 41.5 Å². The lowest BCUT2D eigenvalue weighted by Gasteiger charge is -2.14. The van der Waals surface area contributed by atoms with Crippen LogP contribution in [0.2, 0.25) is 0 Å². The maximum atomic E-state index is 10.8. The van der Waals surface area contributed by atoms with Crippen LogP contribution in [-0.4, -0.2) is 31.6 Å². The number of aromatic nitrogens is 3. The van der Waals surface area contributed by atoms with Gasteiger partial charge in [-0.3, -0.25) is 9.36 Å². The predicted octanol–water partition coefficient (Wildman–Crippen LogP) is 3.64. The Bertz CT molecular complexity index is 670. The molecular formula is C14H16BrN3O2S. The largest absolute Gasteiger partial charge is 0.481 e. The highest BCUT2D eigenvalue weighted by Crippen LogP contribution is 2.28. The number of aryl methyl sites for hydroxylation is 1. The Morgan fingerprint density at radius 2 is 2.14 bits per heavy atom. The first-order valence-corrected chi connectivity index (χ1v) is 8.24. The summed E-state index contributed by atoms with van der Waals surface area (Å²) < 4.78 is 2.95. The molecule has 0 aliphatic carbocycles. The number of rotatable bonds is 5. The number of carboxylic acid groups (broad SMARTS) is 1. The molecule has 0 bridgehead atoms. The zero-order valence-electron chi connectivity index (χ0n) is 12.0. The number of benzene rings is 1. The molecule has 0 radical (unpaired) electrons. The van der Waals surface area contributed by atoms with Crippen molar-refractivity contribution in [1.29, 1.82) is 0 Å². The van der Waals surface area contributed by atoms with Crippen molar-refractivity contribution in [2.24, 2.45) is 0 Å². The smallest absolute Gasteiger partial charge is 0.313 e. The molecule has 0 spiro atoms. The van der Waals surface area contributed by atoms with Crippen LogP contribution >= 0.6 is 27.7 Å². The number of carbonyl (C=O) groups is 1. The molecule has 0 aliphatic rings. The lowest BCUT2D eigenvalue weighted by molar-refractivity contribution is -0.133. The van der Waals surface area contributed by atoms with Crippen molar-refractivity contribution in [3.8, 4) is 5.69 Å². The molecule has 0 saturated heterocycles. The average molecular weight is 370 g/mol. The van der Waals surface area contributed by atoms with E-state index in [0.29, 0.717) is 5.16 Å². The first-order chi connectivity index (χ1) is 9.90. The van der Waals surface area contributed by atoms with Crippen LogP contribution in [0, 0.1) is 6.92 Å². The van der Waals surface area contributed by atoms with Gasteiger partial charge < -0.3 is 5.11 Å². The van der Waals surface area contributed by atoms with Gasteiger partial charge in [0.05, 0.1) is 11.4 Å². The minimum atomic E-state index is -0.867. The molecule has 5 nitrogen and oxygen atoms in total. The summed E-state index contributed by atoms with van der Waals surface area (Å²) in [5.74, 6) is 0.118. The van der Waals surface area contributed by atoms with Gasteiger partial charge in [0.25, 0.3) is 0 Å². The Morgan fingerprint density at radius 3 is 2.71 bits per heavy atom. The summed E-state index contributed by atoms with van der Waals surface area (Å²) in [7, 11) is 0. The number of hydrogen-bond donors (Lipinski definition) is 1. The van der Waals surface area contributed by atoms with Crippen molar-refractivity contribution in [3.05, 3.63) is 34.1 Å². The molecule has 1 aromatic heterocycles. The first kappa shape index (κ1) is 16.0. The maximum Gasteiger partial charge on any atom is 0.313 e. The summed E-state index contributed by atoms with van der Waals surface area (Å²) in [5, 5.41) is 17.8. The van der Waals surface area contributed by atoms with Gasteiger partial charge in [-0.05, 0) is 30.7 Å². The molecule has 1 aromatic carbocycles. The number of hydrogen-bond acceptors (Lipinski definition) is 4. The number of thioether (sulfide) groups is 1. The van der Waals surface area contributed by atoms with Crippen LogP contribution in [0.1, 0.15) is 31.2 Å². The average Bonchev–Trinajstić information content (AvgIpc) is 2.80. The first-order valence-electron chi connectivity index (χ1n) is 6.46. The molecule has 0 atom stereocenters. The molecular weight excluding hydrogens is 354 g/mol. The van der Waals surface area contributed by atoms with E-state index >= 15 is 0 Å².